The van der Waals surface area contributed by atoms with Crippen LogP contribution >= 0.6 is 0 Å². The molecule has 0 amide bonds. The number of carbonyl (C=O) groups excluding carboxylic acids is 1. The van der Waals surface area contributed by atoms with Crippen LogP contribution in [0.3, 0.4) is 0 Å². The largest absolute Gasteiger partial charge is 0.507 e. The Hall–Kier alpha value is -2.31. The van der Waals surface area contributed by atoms with Gasteiger partial charge in [0.15, 0.2) is 0 Å². The van der Waals surface area contributed by atoms with Crippen LogP contribution < -0.4 is 11.2 Å². The maximum Gasteiger partial charge on any atom is 0.507 e. The lowest BCUT2D eigenvalue weighted by Crippen LogP contribution is -2.30. The number of H-pyrrole nitrogens is 1. The van der Waals surface area contributed by atoms with Gasteiger partial charge in [0.1, 0.15) is 6.61 Å². The number of nitrogens with one attached hydrogen (secondary N) is 1. The molecule has 7 nitrogen and oxygen atoms in total. The number of allylic oxidation sites excluding steroid dienone is 1. The van der Waals surface area contributed by atoms with Crippen LogP contribution in [0.5, 0.6) is 0 Å². The zero-order valence-electron chi connectivity index (χ0n) is 10.4. The molecule has 102 valence electrons. The van der Waals surface area contributed by atoms with Gasteiger partial charge >= 0.3 is 11.8 Å². The minimum absolute atomic E-state index is 0.0305. The normalized spacial score (nSPS) is 21.3. The second kappa shape index (κ2) is 5.55. The first-order valence-electron chi connectivity index (χ1n) is 5.80. The van der Waals surface area contributed by atoms with Crippen molar-refractivity contribution < 1.29 is 14.3 Å². The van der Waals surface area contributed by atoms with Crippen LogP contribution in [0.15, 0.2) is 34.0 Å². The number of aromatic nitrogens is 2. The van der Waals surface area contributed by atoms with Crippen molar-refractivity contribution in [3.8, 4) is 0 Å². The third kappa shape index (κ3) is 3.12. The summed E-state index contributed by atoms with van der Waals surface area (Å²) in [7, 11) is 1.25. The lowest BCUT2D eigenvalue weighted by Gasteiger charge is -2.14. The molecule has 1 aliphatic rings. The number of rotatable bonds is 3. The van der Waals surface area contributed by atoms with E-state index in [4.69, 9.17) is 4.74 Å². The maximum absolute atomic E-state index is 11.6. The van der Waals surface area contributed by atoms with E-state index in [1.54, 1.807) is 0 Å². The third-order valence-electron chi connectivity index (χ3n) is 2.94. The highest BCUT2D eigenvalue weighted by atomic mass is 16.7. The molecule has 0 saturated heterocycles. The second-order valence-corrected chi connectivity index (χ2v) is 4.23. The molecule has 7 heteroatoms. The summed E-state index contributed by atoms with van der Waals surface area (Å²) in [6.07, 6.45) is 5.09. The lowest BCUT2D eigenvalue weighted by atomic mass is 10.1. The van der Waals surface area contributed by atoms with Crippen molar-refractivity contribution in [2.45, 2.75) is 12.5 Å². The van der Waals surface area contributed by atoms with Gasteiger partial charge in [0.25, 0.3) is 5.56 Å². The zero-order valence-corrected chi connectivity index (χ0v) is 10.4. The Kier molecular flexibility index (Phi) is 3.84. The van der Waals surface area contributed by atoms with Gasteiger partial charge in [0.05, 0.1) is 13.2 Å². The fourth-order valence-electron chi connectivity index (χ4n) is 2.01. The number of methoxy groups -OCH3 is 1. The second-order valence-electron chi connectivity index (χ2n) is 4.23. The van der Waals surface area contributed by atoms with Gasteiger partial charge in [-0.3, -0.25) is 14.3 Å². The summed E-state index contributed by atoms with van der Waals surface area (Å²) in [6, 6.07) is 1.16. The Morgan fingerprint density at radius 3 is 2.95 bits per heavy atom. The van der Waals surface area contributed by atoms with Crippen LogP contribution in [-0.4, -0.2) is 29.4 Å². The van der Waals surface area contributed by atoms with E-state index in [1.165, 1.54) is 23.9 Å². The van der Waals surface area contributed by atoms with E-state index in [2.05, 4.69) is 9.72 Å². The van der Waals surface area contributed by atoms with Gasteiger partial charge in [0.2, 0.25) is 0 Å². The molecule has 1 aliphatic carbocycles. The van der Waals surface area contributed by atoms with Crippen molar-refractivity contribution in [3.63, 3.8) is 0 Å². The van der Waals surface area contributed by atoms with E-state index in [-0.39, 0.29) is 18.6 Å². The highest BCUT2D eigenvalue weighted by molar-refractivity contribution is 5.59. The van der Waals surface area contributed by atoms with Crippen LogP contribution in [0.2, 0.25) is 0 Å². The number of aromatic amines is 1. The fraction of sp³-hybridized carbons (Fsp3) is 0.417. The Bertz CT molecular complexity index is 601. The average Bonchev–Trinajstić information content (AvgIpc) is 2.84. The van der Waals surface area contributed by atoms with Crippen LogP contribution in [-0.2, 0) is 9.47 Å². The molecule has 0 fully saturated rings. The van der Waals surface area contributed by atoms with Gasteiger partial charge in [-0.15, -0.1) is 0 Å². The van der Waals surface area contributed by atoms with Gasteiger partial charge in [-0.1, -0.05) is 12.2 Å². The molecule has 1 aromatic heterocycles. The molecule has 0 spiro atoms. The van der Waals surface area contributed by atoms with E-state index < -0.39 is 17.4 Å². The number of carbonyl (C=O) groups is 1. The molecule has 1 aromatic rings. The number of ether oxygens (including phenoxy) is 2. The number of nitrogens with zero attached hydrogens (tertiary/aromatic N) is 1. The quantitative estimate of drug-likeness (QED) is 0.633. The van der Waals surface area contributed by atoms with Crippen molar-refractivity contribution in [2.24, 2.45) is 5.92 Å². The minimum Gasteiger partial charge on any atom is -0.438 e. The standard InChI is InChI=1S/C12H14N2O5/c1-18-12(17)19-7-8-2-3-9(6-8)14-5-4-10(15)13-11(14)16/h2-5,8-9H,6-7H2,1H3,(H,13,15,16)/t8-,9+/m1/s1. The zero-order chi connectivity index (χ0) is 13.8. The first kappa shape index (κ1) is 13.1. The molecule has 2 rings (SSSR count). The van der Waals surface area contributed by atoms with E-state index >= 15 is 0 Å². The lowest BCUT2D eigenvalue weighted by molar-refractivity contribution is 0.0641. The van der Waals surface area contributed by atoms with E-state index in [9.17, 15) is 14.4 Å². The topological polar surface area (TPSA) is 90.4 Å². The minimum atomic E-state index is -0.724. The Morgan fingerprint density at radius 1 is 1.47 bits per heavy atom. The Morgan fingerprint density at radius 2 is 2.26 bits per heavy atom. The average molecular weight is 266 g/mol. The monoisotopic (exact) mass is 266 g/mol. The number of hydrogen-bond donors (Lipinski definition) is 1. The van der Waals surface area contributed by atoms with E-state index in [0.29, 0.717) is 6.42 Å². The first-order valence-corrected chi connectivity index (χ1v) is 5.80. The van der Waals surface area contributed by atoms with Gasteiger partial charge in [-0.2, -0.15) is 0 Å². The van der Waals surface area contributed by atoms with Crippen molar-refractivity contribution in [1.82, 2.24) is 9.55 Å². The summed E-state index contributed by atoms with van der Waals surface area (Å²) in [5, 5.41) is 0. The van der Waals surface area contributed by atoms with Crippen molar-refractivity contribution in [2.75, 3.05) is 13.7 Å². The Balaban J connectivity index is 1.99. The van der Waals surface area contributed by atoms with Crippen molar-refractivity contribution >= 4 is 6.16 Å². The third-order valence-corrected chi connectivity index (χ3v) is 2.94. The molecule has 0 bridgehead atoms. The highest BCUT2D eigenvalue weighted by Crippen LogP contribution is 2.26. The molecule has 0 saturated carbocycles. The molecule has 0 unspecified atom stereocenters. The predicted molar refractivity (Wildman–Crippen MR) is 66.0 cm³/mol. The summed E-state index contributed by atoms with van der Waals surface area (Å²) in [4.78, 5) is 35.6. The predicted octanol–water partition coefficient (Wildman–Crippen LogP) is 0.437. The molecule has 1 heterocycles. The summed E-state index contributed by atoms with van der Waals surface area (Å²) >= 11 is 0. The highest BCUT2D eigenvalue weighted by Gasteiger charge is 2.22. The smallest absolute Gasteiger partial charge is 0.438 e. The molecule has 0 radical (unpaired) electrons. The van der Waals surface area contributed by atoms with Crippen molar-refractivity contribution in [3.05, 3.63) is 45.3 Å². The molecule has 0 aliphatic heterocycles. The molecule has 0 aromatic carbocycles. The van der Waals surface area contributed by atoms with Crippen LogP contribution in [0.25, 0.3) is 0 Å². The molecular formula is C12H14N2O5. The molecule has 2 atom stereocenters. The molecular weight excluding hydrogens is 252 g/mol. The fourth-order valence-corrected chi connectivity index (χ4v) is 2.01. The molecule has 19 heavy (non-hydrogen) atoms. The summed E-state index contributed by atoms with van der Waals surface area (Å²) in [6.45, 7) is 0.206. The SMILES string of the molecule is COC(=O)OC[C@@H]1C=C[C@H](n2ccc(=O)[nH]c2=O)C1. The summed E-state index contributed by atoms with van der Waals surface area (Å²) < 4.78 is 10.7. The van der Waals surface area contributed by atoms with Crippen LogP contribution in [0.4, 0.5) is 4.79 Å². The van der Waals surface area contributed by atoms with Gasteiger partial charge in [-0.25, -0.2) is 9.59 Å². The summed E-state index contributed by atoms with van der Waals surface area (Å²) in [5.41, 5.74) is -0.870. The first-order chi connectivity index (χ1) is 9.10. The van der Waals surface area contributed by atoms with Crippen LogP contribution in [0, 0.1) is 5.92 Å². The molecule has 1 N–H and O–H groups in total. The van der Waals surface area contributed by atoms with E-state index in [1.807, 2.05) is 12.2 Å². The van der Waals surface area contributed by atoms with Crippen LogP contribution in [0.1, 0.15) is 12.5 Å². The number of hydrogen-bond acceptors (Lipinski definition) is 5. The van der Waals surface area contributed by atoms with E-state index in [0.717, 1.165) is 0 Å². The maximum atomic E-state index is 11.6. The van der Waals surface area contributed by atoms with Gasteiger partial charge in [0, 0.05) is 18.2 Å². The van der Waals surface area contributed by atoms with Gasteiger partial charge < -0.3 is 9.47 Å². The van der Waals surface area contributed by atoms with Crippen molar-refractivity contribution in [1.29, 1.82) is 0 Å². The Labute approximate surface area is 108 Å². The van der Waals surface area contributed by atoms with Gasteiger partial charge in [-0.05, 0) is 6.42 Å². The summed E-state index contributed by atoms with van der Waals surface area (Å²) in [5.74, 6) is 0.0305.